The van der Waals surface area contributed by atoms with E-state index in [-0.39, 0.29) is 21.6 Å². The molecular weight excluding hydrogens is 364 g/mol. The zero-order valence-electron chi connectivity index (χ0n) is 19.6. The second kappa shape index (κ2) is 13.9. The number of carbonyl (C=O) groups excluding carboxylic acids is 1. The van der Waals surface area contributed by atoms with E-state index >= 15 is 0 Å². The standard InChI is InChI=1S/C25H48O2S/c1-6-7-8-9-10-11-12-13-14-15-16-17-18-19-23(26)27-22-20-24(2,3)28-25(4,5)21-22/h22H,6-21H2,1-5H3. The highest BCUT2D eigenvalue weighted by Crippen LogP contribution is 2.47. The predicted molar refractivity (Wildman–Crippen MR) is 125 cm³/mol. The number of hydrogen-bond donors (Lipinski definition) is 0. The van der Waals surface area contributed by atoms with Crippen LogP contribution in [-0.4, -0.2) is 21.6 Å². The fraction of sp³-hybridized carbons (Fsp3) is 0.960. The Bertz CT molecular complexity index is 401. The van der Waals surface area contributed by atoms with E-state index in [0.29, 0.717) is 6.42 Å². The third-order valence-corrected chi connectivity index (χ3v) is 7.21. The van der Waals surface area contributed by atoms with Crippen LogP contribution >= 0.6 is 11.8 Å². The summed E-state index contributed by atoms with van der Waals surface area (Å²) in [7, 11) is 0. The molecule has 0 radical (unpaired) electrons. The normalized spacial score (nSPS) is 18.9. The van der Waals surface area contributed by atoms with Crippen LogP contribution in [0.5, 0.6) is 0 Å². The summed E-state index contributed by atoms with van der Waals surface area (Å²) >= 11 is 2.02. The summed E-state index contributed by atoms with van der Waals surface area (Å²) in [6.07, 6.45) is 20.0. The van der Waals surface area contributed by atoms with Crippen LogP contribution in [0, 0.1) is 0 Å². The maximum absolute atomic E-state index is 12.2. The van der Waals surface area contributed by atoms with E-state index in [1.165, 1.54) is 77.0 Å². The molecule has 3 heteroatoms. The molecule has 1 rings (SSSR count). The summed E-state index contributed by atoms with van der Waals surface area (Å²) in [5.41, 5.74) is 0. The molecule has 0 aliphatic carbocycles. The van der Waals surface area contributed by atoms with Crippen molar-refractivity contribution in [3.63, 3.8) is 0 Å². The molecule has 0 atom stereocenters. The fourth-order valence-electron chi connectivity index (χ4n) is 4.62. The van der Waals surface area contributed by atoms with Crippen LogP contribution in [-0.2, 0) is 9.53 Å². The van der Waals surface area contributed by atoms with Crippen molar-refractivity contribution in [2.45, 2.75) is 153 Å². The summed E-state index contributed by atoms with van der Waals surface area (Å²) in [6.45, 7) is 11.4. The number of carbonyl (C=O) groups is 1. The van der Waals surface area contributed by atoms with Gasteiger partial charge in [0.1, 0.15) is 6.10 Å². The highest BCUT2D eigenvalue weighted by Gasteiger charge is 2.40. The minimum atomic E-state index is 0.0200. The van der Waals surface area contributed by atoms with Gasteiger partial charge in [-0.25, -0.2) is 0 Å². The van der Waals surface area contributed by atoms with Crippen molar-refractivity contribution < 1.29 is 9.53 Å². The van der Waals surface area contributed by atoms with Crippen molar-refractivity contribution in [3.8, 4) is 0 Å². The molecule has 0 bridgehead atoms. The molecule has 1 heterocycles. The summed E-state index contributed by atoms with van der Waals surface area (Å²) in [6, 6.07) is 0. The van der Waals surface area contributed by atoms with Crippen LogP contribution in [0.25, 0.3) is 0 Å². The lowest BCUT2D eigenvalue weighted by molar-refractivity contribution is -0.150. The van der Waals surface area contributed by atoms with Gasteiger partial charge in [0, 0.05) is 15.9 Å². The zero-order valence-corrected chi connectivity index (χ0v) is 20.4. The summed E-state index contributed by atoms with van der Waals surface area (Å²) in [5.74, 6) is 0.0200. The highest BCUT2D eigenvalue weighted by molar-refractivity contribution is 8.01. The van der Waals surface area contributed by atoms with Gasteiger partial charge in [-0.1, -0.05) is 112 Å². The van der Waals surface area contributed by atoms with Gasteiger partial charge >= 0.3 is 5.97 Å². The quantitative estimate of drug-likeness (QED) is 0.199. The van der Waals surface area contributed by atoms with Crippen LogP contribution in [0.2, 0.25) is 0 Å². The number of thioether (sulfide) groups is 1. The first-order valence-electron chi connectivity index (χ1n) is 12.1. The van der Waals surface area contributed by atoms with E-state index in [1.807, 2.05) is 11.8 Å². The second-order valence-electron chi connectivity index (χ2n) is 10.1. The van der Waals surface area contributed by atoms with Gasteiger partial charge in [0.15, 0.2) is 0 Å². The van der Waals surface area contributed by atoms with E-state index in [0.717, 1.165) is 19.3 Å². The SMILES string of the molecule is CCCCCCCCCCCCCCCC(=O)OC1CC(C)(C)SC(C)(C)C1. The van der Waals surface area contributed by atoms with Crippen LogP contribution < -0.4 is 0 Å². The minimum absolute atomic E-state index is 0.0200. The number of rotatable bonds is 15. The average molecular weight is 413 g/mol. The molecule has 0 aromatic heterocycles. The Kier molecular flexibility index (Phi) is 12.9. The molecule has 0 aromatic carbocycles. The predicted octanol–water partition coefficient (Wildman–Crippen LogP) is 8.46. The number of hydrogen-bond acceptors (Lipinski definition) is 3. The van der Waals surface area contributed by atoms with E-state index < -0.39 is 0 Å². The second-order valence-corrected chi connectivity index (χ2v) is 12.5. The smallest absolute Gasteiger partial charge is 0.306 e. The first kappa shape index (κ1) is 25.9. The van der Waals surface area contributed by atoms with Crippen LogP contribution in [0.3, 0.4) is 0 Å². The topological polar surface area (TPSA) is 26.3 Å². The Hall–Kier alpha value is -0.180. The number of ether oxygens (including phenoxy) is 1. The monoisotopic (exact) mass is 412 g/mol. The van der Waals surface area contributed by atoms with Gasteiger partial charge in [-0.15, -0.1) is 11.8 Å². The van der Waals surface area contributed by atoms with Crippen LogP contribution in [0.4, 0.5) is 0 Å². The molecule has 1 aliphatic rings. The molecule has 1 fully saturated rings. The molecule has 0 unspecified atom stereocenters. The van der Waals surface area contributed by atoms with Gasteiger partial charge in [0.2, 0.25) is 0 Å². The van der Waals surface area contributed by atoms with Gasteiger partial charge < -0.3 is 4.74 Å². The Morgan fingerprint density at radius 1 is 0.750 bits per heavy atom. The fourth-order valence-corrected chi connectivity index (χ4v) is 6.65. The van der Waals surface area contributed by atoms with Crippen LogP contribution in [0.1, 0.15) is 137 Å². The van der Waals surface area contributed by atoms with E-state index in [1.54, 1.807) is 0 Å². The lowest BCUT2D eigenvalue weighted by Crippen LogP contribution is -2.41. The summed E-state index contributed by atoms with van der Waals surface area (Å²) in [4.78, 5) is 12.2. The van der Waals surface area contributed by atoms with E-state index in [4.69, 9.17) is 4.74 Å². The first-order chi connectivity index (χ1) is 13.2. The Morgan fingerprint density at radius 3 is 1.57 bits per heavy atom. The lowest BCUT2D eigenvalue weighted by atomic mass is 9.95. The first-order valence-corrected chi connectivity index (χ1v) is 13.0. The molecule has 0 N–H and O–H groups in total. The number of unbranched alkanes of at least 4 members (excludes halogenated alkanes) is 12. The third kappa shape index (κ3) is 13.1. The minimum Gasteiger partial charge on any atom is -0.462 e. The molecule has 1 saturated heterocycles. The van der Waals surface area contributed by atoms with Crippen molar-refractivity contribution >= 4 is 17.7 Å². The Balaban J connectivity index is 1.95. The molecule has 2 nitrogen and oxygen atoms in total. The van der Waals surface area contributed by atoms with Crippen molar-refractivity contribution in [2.24, 2.45) is 0 Å². The van der Waals surface area contributed by atoms with Crippen molar-refractivity contribution in [1.82, 2.24) is 0 Å². The Labute approximate surface area is 180 Å². The summed E-state index contributed by atoms with van der Waals surface area (Å²) in [5, 5.41) is 0. The molecular formula is C25H48O2S. The zero-order chi connectivity index (χ0) is 20.9. The van der Waals surface area contributed by atoms with E-state index in [9.17, 15) is 4.79 Å². The average Bonchev–Trinajstić information content (AvgIpc) is 2.56. The molecule has 0 saturated carbocycles. The third-order valence-electron chi connectivity index (χ3n) is 5.77. The Morgan fingerprint density at radius 2 is 1.14 bits per heavy atom. The highest BCUT2D eigenvalue weighted by atomic mass is 32.2. The van der Waals surface area contributed by atoms with Crippen molar-refractivity contribution in [2.75, 3.05) is 0 Å². The van der Waals surface area contributed by atoms with Gasteiger partial charge in [-0.2, -0.15) is 0 Å². The molecule has 0 aromatic rings. The largest absolute Gasteiger partial charge is 0.462 e. The maximum atomic E-state index is 12.2. The maximum Gasteiger partial charge on any atom is 0.306 e. The van der Waals surface area contributed by atoms with Gasteiger partial charge in [0.25, 0.3) is 0 Å². The van der Waals surface area contributed by atoms with Crippen molar-refractivity contribution in [1.29, 1.82) is 0 Å². The van der Waals surface area contributed by atoms with Gasteiger partial charge in [-0.3, -0.25) is 4.79 Å². The molecule has 1 aliphatic heterocycles. The number of esters is 1. The molecule has 166 valence electrons. The van der Waals surface area contributed by atoms with Gasteiger partial charge in [-0.05, 0) is 19.3 Å². The lowest BCUT2D eigenvalue weighted by Gasteiger charge is -2.43. The summed E-state index contributed by atoms with van der Waals surface area (Å²) < 4.78 is 6.21. The van der Waals surface area contributed by atoms with Gasteiger partial charge in [0.05, 0.1) is 0 Å². The van der Waals surface area contributed by atoms with E-state index in [2.05, 4.69) is 34.6 Å². The molecule has 0 amide bonds. The van der Waals surface area contributed by atoms with Crippen molar-refractivity contribution in [3.05, 3.63) is 0 Å². The molecule has 0 spiro atoms. The molecule has 28 heavy (non-hydrogen) atoms. The van der Waals surface area contributed by atoms with Crippen LogP contribution in [0.15, 0.2) is 0 Å².